The Kier molecular flexibility index (Phi) is 3.74. The highest BCUT2D eigenvalue weighted by molar-refractivity contribution is 5.78. The summed E-state index contributed by atoms with van der Waals surface area (Å²) in [6, 6.07) is 1.95. The molecule has 1 unspecified atom stereocenters. The van der Waals surface area contributed by atoms with Gasteiger partial charge in [-0.1, -0.05) is 6.58 Å². The molecule has 21 heavy (non-hydrogen) atoms. The summed E-state index contributed by atoms with van der Waals surface area (Å²) in [5.41, 5.74) is 3.18. The van der Waals surface area contributed by atoms with Gasteiger partial charge in [-0.05, 0) is 19.8 Å². The first-order chi connectivity index (χ1) is 10.1. The Hall–Kier alpha value is -2.15. The molecule has 0 aliphatic carbocycles. The fraction of sp³-hybridized carbons (Fsp3) is 0.500. The summed E-state index contributed by atoms with van der Waals surface area (Å²) < 4.78 is 0. The van der Waals surface area contributed by atoms with Crippen molar-refractivity contribution in [2.75, 3.05) is 23.0 Å². The largest absolute Gasteiger partial charge is 0.513 e. The first-order valence-corrected chi connectivity index (χ1v) is 7.17. The minimum Gasteiger partial charge on any atom is -0.513 e. The molecule has 3 heterocycles. The summed E-state index contributed by atoms with van der Waals surface area (Å²) in [6.07, 6.45) is 5.17. The van der Waals surface area contributed by atoms with Gasteiger partial charge in [-0.2, -0.15) is 0 Å². The molecule has 1 saturated heterocycles. The quantitative estimate of drug-likeness (QED) is 0.820. The number of piperidine rings is 1. The molecule has 2 N–H and O–H groups in total. The number of aliphatic hydroxyl groups is 1. The van der Waals surface area contributed by atoms with Crippen molar-refractivity contribution in [1.82, 2.24) is 15.4 Å². The Balaban J connectivity index is 1.69. The second-order valence-corrected chi connectivity index (χ2v) is 5.43. The number of rotatable bonds is 3. The van der Waals surface area contributed by atoms with Crippen LogP contribution in [0.15, 0.2) is 29.7 Å². The minimum atomic E-state index is 0.0646. The second-order valence-electron chi connectivity index (χ2n) is 5.43. The van der Waals surface area contributed by atoms with E-state index in [0.29, 0.717) is 5.76 Å². The molecule has 1 aromatic rings. The molecule has 1 fully saturated rings. The predicted molar refractivity (Wildman–Crippen MR) is 82.3 cm³/mol. The molecule has 0 aromatic carbocycles. The van der Waals surface area contributed by atoms with Crippen LogP contribution in [-0.4, -0.2) is 40.7 Å². The highest BCUT2D eigenvalue weighted by Gasteiger charge is 2.23. The van der Waals surface area contributed by atoms with Gasteiger partial charge in [0.1, 0.15) is 24.6 Å². The van der Waals surface area contributed by atoms with Crippen molar-refractivity contribution in [2.45, 2.75) is 25.9 Å². The third kappa shape index (κ3) is 2.97. The number of aliphatic imine (C=N–C) groups is 1. The molecule has 7 heteroatoms. The van der Waals surface area contributed by atoms with E-state index in [1.54, 1.807) is 17.7 Å². The Labute approximate surface area is 124 Å². The zero-order valence-corrected chi connectivity index (χ0v) is 12.1. The van der Waals surface area contributed by atoms with Gasteiger partial charge in [0.05, 0.1) is 5.76 Å². The standard InChI is InChI=1S/C14H20N6O/c1-10(21)12-3-5-19(6-4-12)13-7-14(16-8-15-13)20-9-17-11(2)18-20/h7-9,11-12,18,21H,1,3-6H2,2H3. The molecule has 0 bridgehead atoms. The number of aromatic nitrogens is 2. The summed E-state index contributed by atoms with van der Waals surface area (Å²) in [5, 5.41) is 11.3. The van der Waals surface area contributed by atoms with E-state index in [2.05, 4.69) is 31.9 Å². The Bertz CT molecular complexity index is 552. The summed E-state index contributed by atoms with van der Waals surface area (Å²) in [4.78, 5) is 15.1. The maximum atomic E-state index is 9.48. The molecule has 1 atom stereocenters. The Morgan fingerprint density at radius 1 is 1.33 bits per heavy atom. The van der Waals surface area contributed by atoms with Crippen LogP contribution in [0, 0.1) is 5.92 Å². The molecule has 1 aromatic heterocycles. The molecule has 0 saturated carbocycles. The monoisotopic (exact) mass is 288 g/mol. The normalized spacial score (nSPS) is 22.8. The third-order valence-corrected chi connectivity index (χ3v) is 3.91. The number of aliphatic hydroxyl groups excluding tert-OH is 1. The zero-order chi connectivity index (χ0) is 14.8. The van der Waals surface area contributed by atoms with Gasteiger partial charge in [0.25, 0.3) is 0 Å². The van der Waals surface area contributed by atoms with E-state index in [1.807, 2.05) is 13.0 Å². The third-order valence-electron chi connectivity index (χ3n) is 3.91. The van der Waals surface area contributed by atoms with E-state index in [-0.39, 0.29) is 12.1 Å². The molecule has 0 radical (unpaired) electrons. The molecule has 0 spiro atoms. The molecular formula is C14H20N6O. The average Bonchev–Trinajstić information content (AvgIpc) is 2.94. The fourth-order valence-corrected chi connectivity index (χ4v) is 2.64. The van der Waals surface area contributed by atoms with Crippen molar-refractivity contribution in [1.29, 1.82) is 0 Å². The van der Waals surface area contributed by atoms with Crippen molar-refractivity contribution < 1.29 is 5.11 Å². The van der Waals surface area contributed by atoms with Crippen LogP contribution in [0.4, 0.5) is 11.6 Å². The number of hydrazine groups is 1. The van der Waals surface area contributed by atoms with E-state index in [4.69, 9.17) is 0 Å². The van der Waals surface area contributed by atoms with Crippen LogP contribution >= 0.6 is 0 Å². The summed E-state index contributed by atoms with van der Waals surface area (Å²) in [5.74, 6) is 2.18. The lowest BCUT2D eigenvalue weighted by atomic mass is 9.95. The van der Waals surface area contributed by atoms with Crippen LogP contribution in [0.1, 0.15) is 19.8 Å². The van der Waals surface area contributed by atoms with Gasteiger partial charge in [0.2, 0.25) is 0 Å². The number of hydrogen-bond donors (Lipinski definition) is 2. The molecule has 7 nitrogen and oxygen atoms in total. The van der Waals surface area contributed by atoms with E-state index in [0.717, 1.165) is 37.6 Å². The van der Waals surface area contributed by atoms with Crippen LogP contribution in [0.5, 0.6) is 0 Å². The van der Waals surface area contributed by atoms with Crippen molar-refractivity contribution in [3.63, 3.8) is 0 Å². The topological polar surface area (TPSA) is 76.9 Å². The smallest absolute Gasteiger partial charge is 0.153 e. The Morgan fingerprint density at radius 2 is 2.05 bits per heavy atom. The molecule has 112 valence electrons. The van der Waals surface area contributed by atoms with Gasteiger partial charge in [0.15, 0.2) is 5.82 Å². The average molecular weight is 288 g/mol. The molecule has 2 aliphatic rings. The highest BCUT2D eigenvalue weighted by atomic mass is 16.3. The fourth-order valence-electron chi connectivity index (χ4n) is 2.64. The summed E-state index contributed by atoms with van der Waals surface area (Å²) in [6.45, 7) is 7.33. The van der Waals surface area contributed by atoms with Crippen LogP contribution in [0.2, 0.25) is 0 Å². The van der Waals surface area contributed by atoms with Gasteiger partial charge in [-0.15, -0.1) is 0 Å². The van der Waals surface area contributed by atoms with Crippen LogP contribution in [-0.2, 0) is 0 Å². The van der Waals surface area contributed by atoms with E-state index >= 15 is 0 Å². The summed E-state index contributed by atoms with van der Waals surface area (Å²) in [7, 11) is 0. The van der Waals surface area contributed by atoms with Crippen LogP contribution < -0.4 is 15.3 Å². The maximum Gasteiger partial charge on any atom is 0.153 e. The van der Waals surface area contributed by atoms with Gasteiger partial charge in [0, 0.05) is 25.1 Å². The maximum absolute atomic E-state index is 9.48. The van der Waals surface area contributed by atoms with Crippen molar-refractivity contribution >= 4 is 18.0 Å². The number of hydrogen-bond acceptors (Lipinski definition) is 7. The SMILES string of the molecule is C=C(O)C1CCN(c2cc(N3C=NC(C)N3)ncn2)CC1. The van der Waals surface area contributed by atoms with Crippen molar-refractivity contribution in [2.24, 2.45) is 10.9 Å². The first-order valence-electron chi connectivity index (χ1n) is 7.17. The number of allylic oxidation sites excluding steroid dienone is 1. The first kappa shape index (κ1) is 13.8. The molecular weight excluding hydrogens is 268 g/mol. The lowest BCUT2D eigenvalue weighted by molar-refractivity contribution is 0.297. The van der Waals surface area contributed by atoms with Gasteiger partial charge < -0.3 is 10.0 Å². The van der Waals surface area contributed by atoms with E-state index in [9.17, 15) is 5.11 Å². The minimum absolute atomic E-state index is 0.0646. The summed E-state index contributed by atoms with van der Waals surface area (Å²) >= 11 is 0. The van der Waals surface area contributed by atoms with Crippen molar-refractivity contribution in [3.05, 3.63) is 24.7 Å². The lowest BCUT2D eigenvalue weighted by Gasteiger charge is -2.32. The Morgan fingerprint density at radius 3 is 2.67 bits per heavy atom. The van der Waals surface area contributed by atoms with E-state index in [1.165, 1.54) is 0 Å². The number of nitrogens with one attached hydrogen (secondary N) is 1. The van der Waals surface area contributed by atoms with E-state index < -0.39 is 0 Å². The van der Waals surface area contributed by atoms with Crippen LogP contribution in [0.3, 0.4) is 0 Å². The van der Waals surface area contributed by atoms with Gasteiger partial charge in [-0.25, -0.2) is 20.4 Å². The van der Waals surface area contributed by atoms with Crippen LogP contribution in [0.25, 0.3) is 0 Å². The highest BCUT2D eigenvalue weighted by Crippen LogP contribution is 2.26. The van der Waals surface area contributed by atoms with Gasteiger partial charge >= 0.3 is 0 Å². The number of nitrogens with zero attached hydrogens (tertiary/aromatic N) is 5. The second kappa shape index (κ2) is 5.69. The number of anilines is 2. The molecule has 3 rings (SSSR count). The van der Waals surface area contributed by atoms with Crippen molar-refractivity contribution in [3.8, 4) is 0 Å². The zero-order valence-electron chi connectivity index (χ0n) is 12.1. The predicted octanol–water partition coefficient (Wildman–Crippen LogP) is 1.46. The molecule has 0 amide bonds. The molecule has 2 aliphatic heterocycles. The lowest BCUT2D eigenvalue weighted by Crippen LogP contribution is -2.37. The van der Waals surface area contributed by atoms with Gasteiger partial charge in [-0.3, -0.25) is 4.99 Å².